The highest BCUT2D eigenvalue weighted by molar-refractivity contribution is 14.0. The predicted molar refractivity (Wildman–Crippen MR) is 103 cm³/mol. The molecule has 22 heavy (non-hydrogen) atoms. The van der Waals surface area contributed by atoms with Crippen LogP contribution in [-0.4, -0.2) is 39.3 Å². The number of halogens is 2. The molecule has 6 nitrogen and oxygen atoms in total. The van der Waals surface area contributed by atoms with Crippen LogP contribution >= 0.6 is 39.9 Å². The standard InChI is InChI=1S/C14H21BrN6.HI/c1-16-14(17-6-11-7-18-21(4)8-11)20(3)10-13-5-12(15)9-19(13)2;/h5,7-9H,6,10H2,1-4H3,(H,16,17);1H. The molecule has 2 aromatic rings. The molecule has 0 bridgehead atoms. The summed E-state index contributed by atoms with van der Waals surface area (Å²) in [6.45, 7) is 1.50. The number of guanidine groups is 1. The molecule has 2 aromatic heterocycles. The van der Waals surface area contributed by atoms with E-state index in [0.717, 1.165) is 22.5 Å². The van der Waals surface area contributed by atoms with Crippen molar-refractivity contribution in [2.24, 2.45) is 19.1 Å². The molecule has 0 saturated carbocycles. The molecular weight excluding hydrogens is 459 g/mol. The summed E-state index contributed by atoms with van der Waals surface area (Å²) in [4.78, 5) is 6.42. The van der Waals surface area contributed by atoms with Gasteiger partial charge in [-0.2, -0.15) is 5.10 Å². The summed E-state index contributed by atoms with van der Waals surface area (Å²) in [5.74, 6) is 0.858. The highest BCUT2D eigenvalue weighted by Crippen LogP contribution is 2.14. The first-order valence-electron chi connectivity index (χ1n) is 6.69. The van der Waals surface area contributed by atoms with Gasteiger partial charge in [0, 0.05) is 62.9 Å². The van der Waals surface area contributed by atoms with Crippen molar-refractivity contribution < 1.29 is 0 Å². The molecule has 1 N–H and O–H groups in total. The normalized spacial score (nSPS) is 11.2. The lowest BCUT2D eigenvalue weighted by Gasteiger charge is -2.22. The number of nitrogens with one attached hydrogen (secondary N) is 1. The van der Waals surface area contributed by atoms with Gasteiger partial charge in [0.05, 0.1) is 12.7 Å². The number of aromatic nitrogens is 3. The fourth-order valence-electron chi connectivity index (χ4n) is 2.17. The van der Waals surface area contributed by atoms with Crippen LogP contribution in [0.15, 0.2) is 34.1 Å². The van der Waals surface area contributed by atoms with Crippen molar-refractivity contribution in [2.75, 3.05) is 14.1 Å². The third-order valence-electron chi connectivity index (χ3n) is 3.26. The van der Waals surface area contributed by atoms with Gasteiger partial charge < -0.3 is 14.8 Å². The SMILES string of the molecule is CN=C(NCc1cnn(C)c1)N(C)Cc1cc(Br)cn1C.I. The number of nitrogens with zero attached hydrogens (tertiary/aromatic N) is 5. The first-order valence-corrected chi connectivity index (χ1v) is 7.49. The van der Waals surface area contributed by atoms with Gasteiger partial charge in [-0.05, 0) is 22.0 Å². The molecule has 2 heterocycles. The number of hydrogen-bond donors (Lipinski definition) is 1. The van der Waals surface area contributed by atoms with Gasteiger partial charge in [0.1, 0.15) is 0 Å². The Bertz CT molecular complexity index is 633. The van der Waals surface area contributed by atoms with Crippen LogP contribution in [0.3, 0.4) is 0 Å². The first kappa shape index (κ1) is 19.0. The van der Waals surface area contributed by atoms with Gasteiger partial charge in [-0.15, -0.1) is 24.0 Å². The van der Waals surface area contributed by atoms with Crippen LogP contribution in [0, 0.1) is 0 Å². The lowest BCUT2D eigenvalue weighted by molar-refractivity contribution is 0.461. The Morgan fingerprint density at radius 1 is 1.41 bits per heavy atom. The smallest absolute Gasteiger partial charge is 0.194 e. The minimum absolute atomic E-state index is 0. The Kier molecular flexibility index (Phi) is 7.40. The molecule has 0 unspecified atom stereocenters. The van der Waals surface area contributed by atoms with E-state index in [2.05, 4.69) is 53.1 Å². The van der Waals surface area contributed by atoms with Gasteiger partial charge in [0.2, 0.25) is 0 Å². The maximum atomic E-state index is 4.33. The molecule has 0 aliphatic rings. The summed E-state index contributed by atoms with van der Waals surface area (Å²) in [7, 11) is 7.78. The van der Waals surface area contributed by atoms with E-state index in [9.17, 15) is 0 Å². The Morgan fingerprint density at radius 3 is 2.64 bits per heavy atom. The molecule has 2 rings (SSSR count). The Hall–Kier alpha value is -1.03. The van der Waals surface area contributed by atoms with Gasteiger partial charge in [-0.25, -0.2) is 0 Å². The third kappa shape index (κ3) is 5.01. The van der Waals surface area contributed by atoms with Crippen LogP contribution in [0.5, 0.6) is 0 Å². The van der Waals surface area contributed by atoms with E-state index in [0.29, 0.717) is 6.54 Å². The summed E-state index contributed by atoms with van der Waals surface area (Å²) in [6, 6.07) is 2.12. The van der Waals surface area contributed by atoms with Crippen molar-refractivity contribution >= 4 is 45.9 Å². The van der Waals surface area contributed by atoms with Gasteiger partial charge in [0.15, 0.2) is 5.96 Å². The van der Waals surface area contributed by atoms with Crippen molar-refractivity contribution in [1.82, 2.24) is 24.6 Å². The first-order chi connectivity index (χ1) is 9.99. The average molecular weight is 481 g/mol. The van der Waals surface area contributed by atoms with Gasteiger partial charge in [-0.3, -0.25) is 9.67 Å². The summed E-state index contributed by atoms with van der Waals surface area (Å²) < 4.78 is 4.99. The van der Waals surface area contributed by atoms with E-state index in [1.54, 1.807) is 11.7 Å². The maximum absolute atomic E-state index is 4.33. The molecule has 0 radical (unpaired) electrons. The van der Waals surface area contributed by atoms with Crippen LogP contribution in [0.2, 0.25) is 0 Å². The third-order valence-corrected chi connectivity index (χ3v) is 3.69. The fraction of sp³-hybridized carbons (Fsp3) is 0.429. The maximum Gasteiger partial charge on any atom is 0.194 e. The summed E-state index contributed by atoms with van der Waals surface area (Å²) in [6.07, 6.45) is 5.90. The molecule has 8 heteroatoms. The van der Waals surface area contributed by atoms with Crippen molar-refractivity contribution in [3.05, 3.63) is 40.4 Å². The minimum Gasteiger partial charge on any atom is -0.352 e. The summed E-state index contributed by atoms with van der Waals surface area (Å²) >= 11 is 3.50. The van der Waals surface area contributed by atoms with Gasteiger partial charge in [-0.1, -0.05) is 0 Å². The predicted octanol–water partition coefficient (Wildman–Crippen LogP) is 2.35. The van der Waals surface area contributed by atoms with E-state index in [1.807, 2.05) is 33.5 Å². The number of hydrogen-bond acceptors (Lipinski definition) is 2. The molecule has 0 atom stereocenters. The van der Waals surface area contributed by atoms with Crippen molar-refractivity contribution in [2.45, 2.75) is 13.1 Å². The van der Waals surface area contributed by atoms with Crippen molar-refractivity contribution in [3.63, 3.8) is 0 Å². The fourth-order valence-corrected chi connectivity index (χ4v) is 2.74. The molecular formula is C14H22BrIN6. The number of aryl methyl sites for hydroxylation is 2. The van der Waals surface area contributed by atoms with E-state index in [4.69, 9.17) is 0 Å². The Balaban J connectivity index is 0.00000242. The minimum atomic E-state index is 0. The average Bonchev–Trinajstić information content (AvgIpc) is 2.96. The van der Waals surface area contributed by atoms with Gasteiger partial charge in [0.25, 0.3) is 0 Å². The topological polar surface area (TPSA) is 50.4 Å². The zero-order valence-electron chi connectivity index (χ0n) is 13.2. The lowest BCUT2D eigenvalue weighted by atomic mass is 10.3. The zero-order chi connectivity index (χ0) is 15.4. The second-order valence-corrected chi connectivity index (χ2v) is 5.96. The monoisotopic (exact) mass is 480 g/mol. The Morgan fingerprint density at radius 2 is 2.14 bits per heavy atom. The van der Waals surface area contributed by atoms with Crippen molar-refractivity contribution in [1.29, 1.82) is 0 Å². The molecule has 0 amide bonds. The van der Waals surface area contributed by atoms with Crippen LogP contribution < -0.4 is 5.32 Å². The molecule has 0 aliphatic carbocycles. The highest BCUT2D eigenvalue weighted by atomic mass is 127. The van der Waals surface area contributed by atoms with Crippen LogP contribution in [-0.2, 0) is 27.2 Å². The van der Waals surface area contributed by atoms with E-state index in [1.165, 1.54) is 5.69 Å². The van der Waals surface area contributed by atoms with Crippen LogP contribution in [0.1, 0.15) is 11.3 Å². The van der Waals surface area contributed by atoms with E-state index < -0.39 is 0 Å². The molecule has 122 valence electrons. The lowest BCUT2D eigenvalue weighted by Crippen LogP contribution is -2.38. The number of rotatable bonds is 4. The molecule has 0 aliphatic heterocycles. The zero-order valence-corrected chi connectivity index (χ0v) is 17.2. The second kappa shape index (κ2) is 8.56. The van der Waals surface area contributed by atoms with Crippen molar-refractivity contribution in [3.8, 4) is 0 Å². The second-order valence-electron chi connectivity index (χ2n) is 5.04. The molecule has 0 fully saturated rings. The number of aliphatic imine (C=N–C) groups is 1. The van der Waals surface area contributed by atoms with Gasteiger partial charge >= 0.3 is 0 Å². The summed E-state index contributed by atoms with van der Waals surface area (Å²) in [5, 5.41) is 7.51. The largest absolute Gasteiger partial charge is 0.352 e. The van der Waals surface area contributed by atoms with Crippen LogP contribution in [0.25, 0.3) is 0 Å². The molecule has 0 saturated heterocycles. The van der Waals surface area contributed by atoms with E-state index >= 15 is 0 Å². The van der Waals surface area contributed by atoms with E-state index in [-0.39, 0.29) is 24.0 Å². The molecule has 0 spiro atoms. The van der Waals surface area contributed by atoms with Crippen LogP contribution in [0.4, 0.5) is 0 Å². The summed E-state index contributed by atoms with van der Waals surface area (Å²) in [5.41, 5.74) is 2.35. The molecule has 0 aromatic carbocycles. The quantitative estimate of drug-likeness (QED) is 0.415. The Labute approximate surface area is 156 Å². The highest BCUT2D eigenvalue weighted by Gasteiger charge is 2.09.